The van der Waals surface area contributed by atoms with Gasteiger partial charge < -0.3 is 0 Å². The molecule has 0 aliphatic heterocycles. The van der Waals surface area contributed by atoms with E-state index in [0.29, 0.717) is 16.8 Å². The molecular formula is C14H12N2O3. The Kier molecular flexibility index (Phi) is 3.66. The molecule has 1 aromatic heterocycles. The van der Waals surface area contributed by atoms with Crippen molar-refractivity contribution in [3.05, 3.63) is 69.5 Å². The summed E-state index contributed by atoms with van der Waals surface area (Å²) in [6, 6.07) is 10.3. The fraction of sp³-hybridized carbons (Fsp3) is 0.143. The molecule has 1 heterocycles. The van der Waals surface area contributed by atoms with Gasteiger partial charge in [-0.2, -0.15) is 0 Å². The minimum Gasteiger partial charge on any atom is -0.294 e. The number of ketones is 1. The first kappa shape index (κ1) is 12.9. The summed E-state index contributed by atoms with van der Waals surface area (Å²) in [4.78, 5) is 26.1. The lowest BCUT2D eigenvalue weighted by Crippen LogP contribution is -2.07. The lowest BCUT2D eigenvalue weighted by molar-refractivity contribution is -0.385. The Morgan fingerprint density at radius 2 is 2.00 bits per heavy atom. The number of aromatic nitrogens is 1. The van der Waals surface area contributed by atoms with Crippen molar-refractivity contribution in [3.8, 4) is 0 Å². The highest BCUT2D eigenvalue weighted by Gasteiger charge is 2.13. The van der Waals surface area contributed by atoms with Crippen molar-refractivity contribution in [2.24, 2.45) is 0 Å². The molecule has 0 atom stereocenters. The van der Waals surface area contributed by atoms with Crippen LogP contribution in [0.15, 0.2) is 42.6 Å². The number of carbonyl (C=O) groups excluding carboxylic acids is 1. The molecular weight excluding hydrogens is 244 g/mol. The van der Waals surface area contributed by atoms with Crippen LogP contribution in [0.2, 0.25) is 0 Å². The van der Waals surface area contributed by atoms with Gasteiger partial charge in [0.25, 0.3) is 5.69 Å². The van der Waals surface area contributed by atoms with Crippen molar-refractivity contribution in [2.45, 2.75) is 13.3 Å². The number of nitro groups is 1. The third kappa shape index (κ3) is 3.01. The van der Waals surface area contributed by atoms with Crippen LogP contribution in [0.5, 0.6) is 0 Å². The topological polar surface area (TPSA) is 73.1 Å². The molecule has 96 valence electrons. The SMILES string of the molecule is Cc1cc([N+](=O)[O-])cnc1CC(=O)c1ccccc1. The Hall–Kier alpha value is -2.56. The molecule has 0 aliphatic rings. The molecule has 5 heteroatoms. The quantitative estimate of drug-likeness (QED) is 0.479. The molecule has 0 unspecified atom stereocenters. The summed E-state index contributed by atoms with van der Waals surface area (Å²) in [5, 5.41) is 10.6. The smallest absolute Gasteiger partial charge is 0.287 e. The number of aryl methyl sites for hydroxylation is 1. The van der Waals surface area contributed by atoms with Crippen LogP contribution in [0.3, 0.4) is 0 Å². The van der Waals surface area contributed by atoms with Crippen LogP contribution in [0.25, 0.3) is 0 Å². The zero-order valence-corrected chi connectivity index (χ0v) is 10.4. The van der Waals surface area contributed by atoms with Gasteiger partial charge >= 0.3 is 0 Å². The van der Waals surface area contributed by atoms with Crippen LogP contribution >= 0.6 is 0 Å². The number of rotatable bonds is 4. The van der Waals surface area contributed by atoms with Gasteiger partial charge in [0.05, 0.1) is 17.0 Å². The number of hydrogen-bond donors (Lipinski definition) is 0. The van der Waals surface area contributed by atoms with Crippen LogP contribution in [-0.2, 0) is 6.42 Å². The maximum atomic E-state index is 12.0. The number of nitrogens with zero attached hydrogens (tertiary/aromatic N) is 2. The lowest BCUT2D eigenvalue weighted by atomic mass is 10.0. The molecule has 0 bridgehead atoms. The first-order valence-corrected chi connectivity index (χ1v) is 5.76. The molecule has 0 aliphatic carbocycles. The molecule has 0 fully saturated rings. The van der Waals surface area contributed by atoms with Crippen LogP contribution in [0.4, 0.5) is 5.69 Å². The van der Waals surface area contributed by atoms with E-state index < -0.39 is 4.92 Å². The highest BCUT2D eigenvalue weighted by atomic mass is 16.6. The van der Waals surface area contributed by atoms with Crippen LogP contribution in [-0.4, -0.2) is 15.7 Å². The fourth-order valence-electron chi connectivity index (χ4n) is 1.75. The maximum absolute atomic E-state index is 12.0. The van der Waals surface area contributed by atoms with E-state index in [4.69, 9.17) is 0 Å². The number of benzene rings is 1. The summed E-state index contributed by atoms with van der Waals surface area (Å²) < 4.78 is 0. The molecule has 2 rings (SSSR count). The van der Waals surface area contributed by atoms with E-state index in [0.717, 1.165) is 0 Å². The van der Waals surface area contributed by atoms with Gasteiger partial charge in [-0.05, 0) is 12.5 Å². The van der Waals surface area contributed by atoms with E-state index in [2.05, 4.69) is 4.98 Å². The molecule has 0 spiro atoms. The van der Waals surface area contributed by atoms with Gasteiger partial charge in [0.1, 0.15) is 6.20 Å². The van der Waals surface area contributed by atoms with Gasteiger partial charge in [0.2, 0.25) is 0 Å². The third-order valence-electron chi connectivity index (χ3n) is 2.81. The van der Waals surface area contributed by atoms with Crippen molar-refractivity contribution in [1.82, 2.24) is 4.98 Å². The zero-order valence-electron chi connectivity index (χ0n) is 10.4. The second kappa shape index (κ2) is 5.39. The summed E-state index contributed by atoms with van der Waals surface area (Å²) in [7, 11) is 0. The van der Waals surface area contributed by atoms with E-state index in [9.17, 15) is 14.9 Å². The van der Waals surface area contributed by atoms with Crippen LogP contribution in [0.1, 0.15) is 21.6 Å². The summed E-state index contributed by atoms with van der Waals surface area (Å²) in [6.45, 7) is 1.72. The van der Waals surface area contributed by atoms with Gasteiger partial charge in [0, 0.05) is 11.6 Å². The molecule has 0 N–H and O–H groups in total. The molecule has 2 aromatic rings. The van der Waals surface area contributed by atoms with Gasteiger partial charge in [-0.1, -0.05) is 30.3 Å². The molecule has 0 saturated carbocycles. The molecule has 0 saturated heterocycles. The fourth-order valence-corrected chi connectivity index (χ4v) is 1.75. The molecule has 1 aromatic carbocycles. The highest BCUT2D eigenvalue weighted by molar-refractivity contribution is 5.97. The summed E-state index contributed by atoms with van der Waals surface area (Å²) in [5.74, 6) is -0.0509. The van der Waals surface area contributed by atoms with E-state index in [1.807, 2.05) is 6.07 Å². The van der Waals surface area contributed by atoms with Crippen molar-refractivity contribution < 1.29 is 9.72 Å². The normalized spacial score (nSPS) is 10.2. The number of pyridine rings is 1. The van der Waals surface area contributed by atoms with Gasteiger partial charge in [-0.3, -0.25) is 19.9 Å². The van der Waals surface area contributed by atoms with E-state index in [-0.39, 0.29) is 17.9 Å². The highest BCUT2D eigenvalue weighted by Crippen LogP contribution is 2.16. The van der Waals surface area contributed by atoms with Crippen molar-refractivity contribution in [2.75, 3.05) is 0 Å². The van der Waals surface area contributed by atoms with Crippen molar-refractivity contribution >= 4 is 11.5 Å². The summed E-state index contributed by atoms with van der Waals surface area (Å²) in [5.41, 5.74) is 1.77. The second-order valence-corrected chi connectivity index (χ2v) is 4.18. The Labute approximate surface area is 110 Å². The minimum absolute atomic E-state index is 0.0509. The van der Waals surface area contributed by atoms with E-state index in [1.165, 1.54) is 12.3 Å². The first-order chi connectivity index (χ1) is 9.08. The number of hydrogen-bond acceptors (Lipinski definition) is 4. The Morgan fingerprint density at radius 1 is 1.32 bits per heavy atom. The van der Waals surface area contributed by atoms with Gasteiger partial charge in [-0.25, -0.2) is 0 Å². The average molecular weight is 256 g/mol. The van der Waals surface area contributed by atoms with Crippen LogP contribution in [0, 0.1) is 17.0 Å². The maximum Gasteiger partial charge on any atom is 0.287 e. The number of Topliss-reactive ketones (excluding diaryl/α,β-unsaturated/α-hetero) is 1. The van der Waals surface area contributed by atoms with Crippen molar-refractivity contribution in [3.63, 3.8) is 0 Å². The molecule has 0 amide bonds. The Morgan fingerprint density at radius 3 is 2.58 bits per heavy atom. The predicted octanol–water partition coefficient (Wildman–Crippen LogP) is 2.72. The Balaban J connectivity index is 2.20. The standard InChI is InChI=1S/C14H12N2O3/c1-10-7-12(16(18)19)9-15-13(10)8-14(17)11-5-3-2-4-6-11/h2-7,9H,8H2,1H3. The van der Waals surface area contributed by atoms with Crippen molar-refractivity contribution in [1.29, 1.82) is 0 Å². The minimum atomic E-state index is -0.497. The predicted molar refractivity (Wildman–Crippen MR) is 70.1 cm³/mol. The third-order valence-corrected chi connectivity index (χ3v) is 2.81. The molecule has 0 radical (unpaired) electrons. The van der Waals surface area contributed by atoms with E-state index in [1.54, 1.807) is 31.2 Å². The zero-order chi connectivity index (χ0) is 13.8. The Bertz CT molecular complexity index is 624. The summed E-state index contributed by atoms with van der Waals surface area (Å²) in [6.07, 6.45) is 1.33. The molecule has 19 heavy (non-hydrogen) atoms. The molecule has 5 nitrogen and oxygen atoms in total. The second-order valence-electron chi connectivity index (χ2n) is 4.18. The first-order valence-electron chi connectivity index (χ1n) is 5.76. The average Bonchev–Trinajstić information content (AvgIpc) is 2.41. The van der Waals surface area contributed by atoms with Crippen LogP contribution < -0.4 is 0 Å². The van der Waals surface area contributed by atoms with E-state index >= 15 is 0 Å². The number of carbonyl (C=O) groups is 1. The van der Waals surface area contributed by atoms with Gasteiger partial charge in [-0.15, -0.1) is 0 Å². The van der Waals surface area contributed by atoms with Gasteiger partial charge in [0.15, 0.2) is 5.78 Å². The largest absolute Gasteiger partial charge is 0.294 e. The lowest BCUT2D eigenvalue weighted by Gasteiger charge is -2.04. The monoisotopic (exact) mass is 256 g/mol. The summed E-state index contributed by atoms with van der Waals surface area (Å²) >= 11 is 0.